The second-order valence-corrected chi connectivity index (χ2v) is 6.23. The molecular formula is C16H27N3. The number of hydrogen-bond acceptors (Lipinski definition) is 2. The highest BCUT2D eigenvalue weighted by molar-refractivity contribution is 5.15. The summed E-state index contributed by atoms with van der Waals surface area (Å²) in [5.41, 5.74) is 2.66. The highest BCUT2D eigenvalue weighted by atomic mass is 15.3. The summed E-state index contributed by atoms with van der Waals surface area (Å²) in [6.07, 6.45) is 6.60. The van der Waals surface area contributed by atoms with E-state index in [1.165, 1.54) is 30.7 Å². The van der Waals surface area contributed by atoms with Gasteiger partial charge in [-0.2, -0.15) is 5.10 Å². The molecule has 106 valence electrons. The maximum absolute atomic E-state index is 4.68. The summed E-state index contributed by atoms with van der Waals surface area (Å²) in [5, 5.41) is 8.25. The third-order valence-electron chi connectivity index (χ3n) is 5.31. The van der Waals surface area contributed by atoms with Crippen LogP contribution in [0.2, 0.25) is 0 Å². The molecule has 0 amide bonds. The molecule has 0 saturated heterocycles. The predicted molar refractivity (Wildman–Crippen MR) is 78.2 cm³/mol. The normalized spacial score (nSPS) is 30.4. The standard InChI is InChI=1S/C16H27N3/c1-4-11-9-12(19(5-2)18-11)10-15(17-3)16-13-7-6-8-14(13)16/h9,13-17H,4-8,10H2,1-3H3. The van der Waals surface area contributed by atoms with E-state index in [2.05, 4.69) is 42.1 Å². The van der Waals surface area contributed by atoms with Crippen LogP contribution in [-0.4, -0.2) is 22.9 Å². The average Bonchev–Trinajstić information content (AvgIpc) is 2.84. The van der Waals surface area contributed by atoms with Gasteiger partial charge in [-0.3, -0.25) is 4.68 Å². The Morgan fingerprint density at radius 1 is 1.37 bits per heavy atom. The Kier molecular flexibility index (Phi) is 3.66. The quantitative estimate of drug-likeness (QED) is 0.853. The molecule has 0 bridgehead atoms. The Morgan fingerprint density at radius 3 is 2.68 bits per heavy atom. The highest BCUT2D eigenvalue weighted by Crippen LogP contribution is 2.59. The molecule has 0 radical (unpaired) electrons. The molecule has 1 aromatic heterocycles. The molecule has 0 aromatic carbocycles. The lowest BCUT2D eigenvalue weighted by Crippen LogP contribution is -2.32. The van der Waals surface area contributed by atoms with Crippen molar-refractivity contribution in [3.8, 4) is 0 Å². The fourth-order valence-electron chi connectivity index (χ4n) is 4.26. The first-order valence-electron chi connectivity index (χ1n) is 8.01. The van der Waals surface area contributed by atoms with Crippen molar-refractivity contribution in [3.63, 3.8) is 0 Å². The van der Waals surface area contributed by atoms with Crippen molar-refractivity contribution < 1.29 is 0 Å². The Morgan fingerprint density at radius 2 is 2.11 bits per heavy atom. The first-order chi connectivity index (χ1) is 9.28. The lowest BCUT2D eigenvalue weighted by molar-refractivity contribution is 0.417. The van der Waals surface area contributed by atoms with Crippen LogP contribution in [0.25, 0.3) is 0 Å². The number of hydrogen-bond donors (Lipinski definition) is 1. The first kappa shape index (κ1) is 13.2. The summed E-state index contributed by atoms with van der Waals surface area (Å²) in [4.78, 5) is 0. The Bertz CT molecular complexity index is 427. The molecular weight excluding hydrogens is 234 g/mol. The van der Waals surface area contributed by atoms with E-state index in [1.54, 1.807) is 0 Å². The molecule has 2 aliphatic rings. The van der Waals surface area contributed by atoms with Crippen molar-refractivity contribution in [2.45, 2.75) is 58.5 Å². The number of fused-ring (bicyclic) bond motifs is 1. The summed E-state index contributed by atoms with van der Waals surface area (Å²) in [7, 11) is 2.13. The van der Waals surface area contributed by atoms with E-state index in [0.717, 1.165) is 37.1 Å². The maximum Gasteiger partial charge on any atom is 0.0624 e. The van der Waals surface area contributed by atoms with Gasteiger partial charge in [-0.15, -0.1) is 0 Å². The lowest BCUT2D eigenvalue weighted by Gasteiger charge is -2.18. The molecule has 1 heterocycles. The van der Waals surface area contributed by atoms with E-state index in [0.29, 0.717) is 6.04 Å². The lowest BCUT2D eigenvalue weighted by atomic mass is 9.99. The second kappa shape index (κ2) is 5.28. The van der Waals surface area contributed by atoms with Crippen LogP contribution in [0, 0.1) is 17.8 Å². The fourth-order valence-corrected chi connectivity index (χ4v) is 4.26. The number of aryl methyl sites for hydroxylation is 2. The molecule has 2 fully saturated rings. The van der Waals surface area contributed by atoms with Crippen molar-refractivity contribution in [1.82, 2.24) is 15.1 Å². The predicted octanol–water partition coefficient (Wildman–Crippen LogP) is 2.64. The third kappa shape index (κ3) is 2.33. The summed E-state index contributed by atoms with van der Waals surface area (Å²) < 4.78 is 2.20. The van der Waals surface area contributed by atoms with E-state index < -0.39 is 0 Å². The zero-order chi connectivity index (χ0) is 13.4. The molecule has 19 heavy (non-hydrogen) atoms. The molecule has 2 aliphatic carbocycles. The topological polar surface area (TPSA) is 29.9 Å². The summed E-state index contributed by atoms with van der Waals surface area (Å²) in [6.45, 7) is 5.37. The Labute approximate surface area is 116 Å². The van der Waals surface area contributed by atoms with Crippen LogP contribution in [0.4, 0.5) is 0 Å². The molecule has 0 spiro atoms. The van der Waals surface area contributed by atoms with Crippen molar-refractivity contribution in [2.75, 3.05) is 7.05 Å². The molecule has 0 aliphatic heterocycles. The van der Waals surface area contributed by atoms with Gasteiger partial charge in [0.05, 0.1) is 5.69 Å². The van der Waals surface area contributed by atoms with E-state index >= 15 is 0 Å². The Hall–Kier alpha value is -0.830. The molecule has 1 aromatic rings. The number of nitrogens with zero attached hydrogens (tertiary/aromatic N) is 2. The van der Waals surface area contributed by atoms with E-state index in [-0.39, 0.29) is 0 Å². The van der Waals surface area contributed by atoms with E-state index in [4.69, 9.17) is 0 Å². The van der Waals surface area contributed by atoms with Gasteiger partial charge < -0.3 is 5.32 Å². The van der Waals surface area contributed by atoms with Gasteiger partial charge in [-0.05, 0) is 57.1 Å². The molecule has 3 atom stereocenters. The SMILES string of the molecule is CCc1cc(CC(NC)C2C3CCCC32)n(CC)n1. The van der Waals surface area contributed by atoms with Crippen molar-refractivity contribution >= 4 is 0 Å². The largest absolute Gasteiger partial charge is 0.316 e. The number of aromatic nitrogens is 2. The van der Waals surface area contributed by atoms with Gasteiger partial charge in [-0.1, -0.05) is 13.3 Å². The summed E-state index contributed by atoms with van der Waals surface area (Å²) >= 11 is 0. The smallest absolute Gasteiger partial charge is 0.0624 e. The number of likely N-dealkylation sites (N-methyl/N-ethyl adjacent to an activating group) is 1. The van der Waals surface area contributed by atoms with Gasteiger partial charge in [-0.25, -0.2) is 0 Å². The molecule has 3 heteroatoms. The minimum atomic E-state index is 0.655. The highest BCUT2D eigenvalue weighted by Gasteiger charge is 2.55. The van der Waals surface area contributed by atoms with Crippen molar-refractivity contribution in [2.24, 2.45) is 17.8 Å². The van der Waals surface area contributed by atoms with Crippen LogP contribution in [0.15, 0.2) is 6.07 Å². The number of rotatable bonds is 6. The Balaban J connectivity index is 1.70. The van der Waals surface area contributed by atoms with Gasteiger partial charge in [0.1, 0.15) is 0 Å². The monoisotopic (exact) mass is 261 g/mol. The van der Waals surface area contributed by atoms with Crippen LogP contribution >= 0.6 is 0 Å². The van der Waals surface area contributed by atoms with Crippen LogP contribution in [0.1, 0.15) is 44.5 Å². The minimum absolute atomic E-state index is 0.655. The average molecular weight is 261 g/mol. The molecule has 3 rings (SSSR count). The van der Waals surface area contributed by atoms with Crippen LogP contribution in [0.5, 0.6) is 0 Å². The maximum atomic E-state index is 4.68. The molecule has 3 nitrogen and oxygen atoms in total. The van der Waals surface area contributed by atoms with Crippen molar-refractivity contribution in [1.29, 1.82) is 0 Å². The molecule has 3 unspecified atom stereocenters. The zero-order valence-electron chi connectivity index (χ0n) is 12.5. The minimum Gasteiger partial charge on any atom is -0.316 e. The molecule has 2 saturated carbocycles. The van der Waals surface area contributed by atoms with Crippen LogP contribution < -0.4 is 5.32 Å². The van der Waals surface area contributed by atoms with E-state index in [1.807, 2.05) is 0 Å². The van der Waals surface area contributed by atoms with Gasteiger partial charge >= 0.3 is 0 Å². The van der Waals surface area contributed by atoms with E-state index in [9.17, 15) is 0 Å². The molecule has 1 N–H and O–H groups in total. The van der Waals surface area contributed by atoms with Crippen LogP contribution in [0.3, 0.4) is 0 Å². The van der Waals surface area contributed by atoms with Gasteiger partial charge in [0.2, 0.25) is 0 Å². The third-order valence-corrected chi connectivity index (χ3v) is 5.31. The fraction of sp³-hybridized carbons (Fsp3) is 0.812. The van der Waals surface area contributed by atoms with Gasteiger partial charge in [0, 0.05) is 24.7 Å². The summed E-state index contributed by atoms with van der Waals surface area (Å²) in [5.74, 6) is 2.99. The number of nitrogens with one attached hydrogen (secondary N) is 1. The zero-order valence-corrected chi connectivity index (χ0v) is 12.5. The second-order valence-electron chi connectivity index (χ2n) is 6.23. The van der Waals surface area contributed by atoms with Gasteiger partial charge in [0.15, 0.2) is 0 Å². The van der Waals surface area contributed by atoms with Crippen molar-refractivity contribution in [3.05, 3.63) is 17.5 Å². The summed E-state index contributed by atoms with van der Waals surface area (Å²) in [6, 6.07) is 2.97. The van der Waals surface area contributed by atoms with Crippen LogP contribution in [-0.2, 0) is 19.4 Å². The van der Waals surface area contributed by atoms with Gasteiger partial charge in [0.25, 0.3) is 0 Å². The first-order valence-corrected chi connectivity index (χ1v) is 8.01.